The molecular formula is C24H18Cl2I2N2O3. The van der Waals surface area contributed by atoms with Crippen LogP contribution in [0.5, 0.6) is 11.5 Å². The molecule has 0 radical (unpaired) electrons. The highest BCUT2D eigenvalue weighted by molar-refractivity contribution is 14.1. The van der Waals surface area contributed by atoms with Gasteiger partial charge >= 0.3 is 0 Å². The Labute approximate surface area is 229 Å². The molecule has 0 aliphatic rings. The van der Waals surface area contributed by atoms with E-state index in [1.165, 1.54) is 0 Å². The molecule has 0 heterocycles. The number of benzene rings is 3. The van der Waals surface area contributed by atoms with Crippen molar-refractivity contribution in [2.24, 2.45) is 5.10 Å². The number of hydrogen-bond donors (Lipinski definition) is 1. The third-order valence-electron chi connectivity index (χ3n) is 4.28. The van der Waals surface area contributed by atoms with Gasteiger partial charge in [-0.25, -0.2) is 5.43 Å². The fraction of sp³-hybridized carbons (Fsp3) is 0.0833. The second kappa shape index (κ2) is 12.6. The van der Waals surface area contributed by atoms with Crippen molar-refractivity contribution in [3.8, 4) is 11.5 Å². The highest BCUT2D eigenvalue weighted by Gasteiger charge is 2.13. The molecule has 0 unspecified atom stereocenters. The summed E-state index contributed by atoms with van der Waals surface area (Å²) in [4.78, 5) is 12.7. The molecule has 1 N–H and O–H groups in total. The fourth-order valence-corrected chi connectivity index (χ4v) is 5.32. The summed E-state index contributed by atoms with van der Waals surface area (Å²) in [5.74, 6) is 0.826. The highest BCUT2D eigenvalue weighted by atomic mass is 127. The minimum Gasteiger partial charge on any atom is -0.488 e. The monoisotopic (exact) mass is 706 g/mol. The Balaban J connectivity index is 1.67. The molecule has 3 aromatic rings. The van der Waals surface area contributed by atoms with Gasteiger partial charge in [-0.05, 0) is 87.1 Å². The van der Waals surface area contributed by atoms with E-state index in [1.54, 1.807) is 54.8 Å². The number of carbonyl (C=O) groups excluding carboxylic acids is 1. The summed E-state index contributed by atoms with van der Waals surface area (Å²) in [7, 11) is 0. The van der Waals surface area contributed by atoms with Crippen LogP contribution >= 0.6 is 68.4 Å². The Morgan fingerprint density at radius 3 is 2.48 bits per heavy atom. The lowest BCUT2D eigenvalue weighted by Crippen LogP contribution is -2.18. The molecular weight excluding hydrogens is 689 g/mol. The van der Waals surface area contributed by atoms with Gasteiger partial charge in [0.05, 0.1) is 18.9 Å². The SMILES string of the molecule is C=CCOc1c(I)cc(/C=N/NC(=O)c2ccccc2OCc2ccc(Cl)cc2Cl)cc1I. The maximum atomic E-state index is 12.7. The minimum absolute atomic E-state index is 0.195. The van der Waals surface area contributed by atoms with E-state index in [4.69, 9.17) is 32.7 Å². The van der Waals surface area contributed by atoms with Gasteiger partial charge in [-0.2, -0.15) is 5.10 Å². The predicted octanol–water partition coefficient (Wildman–Crippen LogP) is 7.11. The van der Waals surface area contributed by atoms with Crippen LogP contribution in [0, 0.1) is 7.14 Å². The topological polar surface area (TPSA) is 59.9 Å². The number of hydrazone groups is 1. The lowest BCUT2D eigenvalue weighted by Gasteiger charge is -2.11. The van der Waals surface area contributed by atoms with E-state index in [9.17, 15) is 4.79 Å². The lowest BCUT2D eigenvalue weighted by molar-refractivity contribution is 0.0950. The molecule has 0 saturated carbocycles. The zero-order valence-electron chi connectivity index (χ0n) is 17.2. The number of halogens is 4. The summed E-state index contributed by atoms with van der Waals surface area (Å²) in [6.07, 6.45) is 3.28. The van der Waals surface area contributed by atoms with Gasteiger partial charge in [-0.15, -0.1) is 0 Å². The molecule has 0 aromatic heterocycles. The first-order valence-corrected chi connectivity index (χ1v) is 12.5. The quantitative estimate of drug-likeness (QED) is 0.112. The van der Waals surface area contributed by atoms with E-state index in [0.717, 1.165) is 24.0 Å². The summed E-state index contributed by atoms with van der Waals surface area (Å²) in [6, 6.07) is 15.9. The molecule has 170 valence electrons. The standard InChI is InChI=1S/C24H18Cl2I2N2O3/c1-2-9-32-23-20(27)10-15(11-21(23)28)13-29-30-24(31)18-5-3-4-6-22(18)33-14-16-7-8-17(25)12-19(16)26/h2-8,10-13H,1,9,14H2,(H,30,31)/b29-13+. The lowest BCUT2D eigenvalue weighted by atomic mass is 10.2. The fourth-order valence-electron chi connectivity index (χ4n) is 2.73. The van der Waals surface area contributed by atoms with Gasteiger partial charge < -0.3 is 9.47 Å². The van der Waals surface area contributed by atoms with E-state index in [1.807, 2.05) is 12.1 Å². The number of hydrogen-bond acceptors (Lipinski definition) is 4. The zero-order chi connectivity index (χ0) is 23.8. The Morgan fingerprint density at radius 2 is 1.79 bits per heavy atom. The van der Waals surface area contributed by atoms with Gasteiger partial charge in [0, 0.05) is 15.6 Å². The maximum absolute atomic E-state index is 12.7. The largest absolute Gasteiger partial charge is 0.488 e. The number of nitrogens with one attached hydrogen (secondary N) is 1. The second-order valence-corrected chi connectivity index (χ2v) is 9.80. The molecule has 0 spiro atoms. The van der Waals surface area contributed by atoms with Crippen molar-refractivity contribution in [1.82, 2.24) is 5.43 Å². The summed E-state index contributed by atoms with van der Waals surface area (Å²) >= 11 is 16.5. The molecule has 0 bridgehead atoms. The third-order valence-corrected chi connectivity index (χ3v) is 6.47. The van der Waals surface area contributed by atoms with Crippen molar-refractivity contribution in [2.45, 2.75) is 6.61 Å². The highest BCUT2D eigenvalue weighted by Crippen LogP contribution is 2.29. The van der Waals surface area contributed by atoms with Gasteiger partial charge in [0.25, 0.3) is 5.91 Å². The number of ether oxygens (including phenoxy) is 2. The van der Waals surface area contributed by atoms with E-state index in [-0.39, 0.29) is 12.5 Å². The van der Waals surface area contributed by atoms with Gasteiger partial charge in [0.1, 0.15) is 24.7 Å². The first-order valence-electron chi connectivity index (χ1n) is 9.61. The van der Waals surface area contributed by atoms with Crippen molar-refractivity contribution in [3.05, 3.63) is 101 Å². The molecule has 0 aliphatic carbocycles. The Morgan fingerprint density at radius 1 is 1.06 bits per heavy atom. The van der Waals surface area contributed by atoms with Crippen LogP contribution in [0.4, 0.5) is 0 Å². The number of para-hydroxylation sites is 1. The maximum Gasteiger partial charge on any atom is 0.275 e. The van der Waals surface area contributed by atoms with E-state index in [0.29, 0.717) is 28.0 Å². The molecule has 5 nitrogen and oxygen atoms in total. The summed E-state index contributed by atoms with van der Waals surface area (Å²) in [5.41, 5.74) is 4.50. The zero-order valence-corrected chi connectivity index (χ0v) is 23.0. The number of rotatable bonds is 9. The second-order valence-electron chi connectivity index (χ2n) is 6.63. The van der Waals surface area contributed by atoms with Gasteiger partial charge in [0.2, 0.25) is 0 Å². The Bertz CT molecular complexity index is 1180. The summed E-state index contributed by atoms with van der Waals surface area (Å²) in [6.45, 7) is 4.29. The first-order chi connectivity index (χ1) is 15.9. The Hall–Kier alpha value is -1.82. The summed E-state index contributed by atoms with van der Waals surface area (Å²) in [5, 5.41) is 5.14. The van der Waals surface area contributed by atoms with Crippen LogP contribution in [0.15, 0.2) is 72.4 Å². The van der Waals surface area contributed by atoms with Crippen molar-refractivity contribution < 1.29 is 14.3 Å². The molecule has 0 saturated heterocycles. The van der Waals surface area contributed by atoms with Crippen molar-refractivity contribution in [2.75, 3.05) is 6.61 Å². The first kappa shape index (κ1) is 25.8. The van der Waals surface area contributed by atoms with E-state index < -0.39 is 0 Å². The van der Waals surface area contributed by atoms with E-state index >= 15 is 0 Å². The van der Waals surface area contributed by atoms with Gasteiger partial charge in [-0.3, -0.25) is 4.79 Å². The molecule has 33 heavy (non-hydrogen) atoms. The average molecular weight is 707 g/mol. The minimum atomic E-state index is -0.389. The molecule has 3 rings (SSSR count). The van der Waals surface area contributed by atoms with Crippen LogP contribution < -0.4 is 14.9 Å². The van der Waals surface area contributed by atoms with Crippen molar-refractivity contribution in [1.29, 1.82) is 0 Å². The number of nitrogens with zero attached hydrogens (tertiary/aromatic N) is 1. The van der Waals surface area contributed by atoms with Crippen LogP contribution in [0.3, 0.4) is 0 Å². The average Bonchev–Trinajstić information content (AvgIpc) is 2.78. The van der Waals surface area contributed by atoms with Crippen molar-refractivity contribution >= 4 is 80.5 Å². The molecule has 9 heteroatoms. The van der Waals surface area contributed by atoms with Crippen LogP contribution in [-0.2, 0) is 6.61 Å². The third kappa shape index (κ3) is 7.33. The molecule has 0 fully saturated rings. The van der Waals surface area contributed by atoms with Crippen LogP contribution in [0.2, 0.25) is 10.0 Å². The normalized spacial score (nSPS) is 10.8. The van der Waals surface area contributed by atoms with Crippen LogP contribution in [0.25, 0.3) is 0 Å². The number of amides is 1. The number of carbonyl (C=O) groups is 1. The summed E-state index contributed by atoms with van der Waals surface area (Å²) < 4.78 is 13.4. The molecule has 1 amide bonds. The predicted molar refractivity (Wildman–Crippen MR) is 150 cm³/mol. The van der Waals surface area contributed by atoms with Crippen LogP contribution in [-0.4, -0.2) is 18.7 Å². The smallest absolute Gasteiger partial charge is 0.275 e. The molecule has 0 atom stereocenters. The van der Waals surface area contributed by atoms with Gasteiger partial charge in [0.15, 0.2) is 0 Å². The van der Waals surface area contributed by atoms with E-state index in [2.05, 4.69) is 62.3 Å². The Kier molecular flexibility index (Phi) is 9.84. The van der Waals surface area contributed by atoms with Gasteiger partial charge in [-0.1, -0.05) is 54.1 Å². The van der Waals surface area contributed by atoms with Crippen LogP contribution in [0.1, 0.15) is 21.5 Å². The molecule has 3 aromatic carbocycles. The molecule has 0 aliphatic heterocycles. The van der Waals surface area contributed by atoms with Crippen molar-refractivity contribution in [3.63, 3.8) is 0 Å².